The van der Waals surface area contributed by atoms with E-state index in [2.05, 4.69) is 22.0 Å². The number of allylic oxidation sites excluding steroid dienone is 2. The Balaban J connectivity index is 1.64. The Morgan fingerprint density at radius 1 is 1.29 bits per heavy atom. The molecular formula is C22H20F3N5O. The SMILES string of the molecule is C=C1CN2C=C(c3cnn(C)c3)C=C(C(=O)N[C@H](C)c3cccc(C(F)F)c3F)C2=N1. The summed E-state index contributed by atoms with van der Waals surface area (Å²) in [6.07, 6.45) is 4.10. The summed E-state index contributed by atoms with van der Waals surface area (Å²) in [6.45, 7) is 5.84. The van der Waals surface area contributed by atoms with Crippen LogP contribution >= 0.6 is 0 Å². The van der Waals surface area contributed by atoms with Crippen LogP contribution in [-0.2, 0) is 11.8 Å². The van der Waals surface area contributed by atoms with E-state index < -0.39 is 29.8 Å². The number of halogens is 3. The highest BCUT2D eigenvalue weighted by molar-refractivity contribution is 6.24. The molecule has 31 heavy (non-hydrogen) atoms. The number of hydrogen-bond donors (Lipinski definition) is 1. The van der Waals surface area contributed by atoms with E-state index in [0.717, 1.165) is 17.2 Å². The van der Waals surface area contributed by atoms with E-state index in [0.29, 0.717) is 18.1 Å². The van der Waals surface area contributed by atoms with Gasteiger partial charge in [0.2, 0.25) is 0 Å². The summed E-state index contributed by atoms with van der Waals surface area (Å²) < 4.78 is 42.2. The predicted molar refractivity (Wildman–Crippen MR) is 110 cm³/mol. The third-order valence-electron chi connectivity index (χ3n) is 5.12. The average Bonchev–Trinajstić information content (AvgIpc) is 3.31. The fraction of sp³-hybridized carbons (Fsp3) is 0.227. The second-order valence-electron chi connectivity index (χ2n) is 7.42. The smallest absolute Gasteiger partial charge is 0.266 e. The molecule has 0 unspecified atom stereocenters. The van der Waals surface area contributed by atoms with Crippen LogP contribution in [0.25, 0.3) is 5.57 Å². The molecule has 160 valence electrons. The summed E-state index contributed by atoms with van der Waals surface area (Å²) >= 11 is 0. The van der Waals surface area contributed by atoms with Gasteiger partial charge in [0.1, 0.15) is 11.7 Å². The van der Waals surface area contributed by atoms with Crippen LogP contribution < -0.4 is 5.32 Å². The highest BCUT2D eigenvalue weighted by Crippen LogP contribution is 2.30. The molecule has 2 aliphatic rings. The molecule has 0 fully saturated rings. The minimum atomic E-state index is -2.94. The lowest BCUT2D eigenvalue weighted by atomic mass is 10.0. The molecule has 1 aromatic heterocycles. The Kier molecular flexibility index (Phi) is 5.26. The van der Waals surface area contributed by atoms with E-state index in [1.54, 1.807) is 30.9 Å². The Bertz CT molecular complexity index is 1160. The number of rotatable bonds is 5. The van der Waals surface area contributed by atoms with Gasteiger partial charge in [-0.25, -0.2) is 18.2 Å². The summed E-state index contributed by atoms with van der Waals surface area (Å²) in [5, 5.41) is 6.86. The highest BCUT2D eigenvalue weighted by Gasteiger charge is 2.31. The number of carbonyl (C=O) groups is 1. The summed E-state index contributed by atoms with van der Waals surface area (Å²) in [6, 6.07) is 2.92. The predicted octanol–water partition coefficient (Wildman–Crippen LogP) is 3.88. The van der Waals surface area contributed by atoms with Crippen molar-refractivity contribution in [1.82, 2.24) is 20.0 Å². The van der Waals surface area contributed by atoms with Gasteiger partial charge in [-0.05, 0) is 13.0 Å². The monoisotopic (exact) mass is 427 g/mol. The fourth-order valence-corrected chi connectivity index (χ4v) is 3.59. The van der Waals surface area contributed by atoms with E-state index in [1.807, 2.05) is 17.3 Å². The van der Waals surface area contributed by atoms with Gasteiger partial charge in [0.05, 0.1) is 35.6 Å². The van der Waals surface area contributed by atoms with Crippen LogP contribution in [0.4, 0.5) is 13.2 Å². The van der Waals surface area contributed by atoms with Gasteiger partial charge < -0.3 is 10.2 Å². The van der Waals surface area contributed by atoms with Crippen molar-refractivity contribution in [2.24, 2.45) is 12.0 Å². The van der Waals surface area contributed by atoms with Crippen molar-refractivity contribution in [3.05, 3.63) is 83.2 Å². The zero-order chi connectivity index (χ0) is 22.3. The van der Waals surface area contributed by atoms with E-state index in [1.165, 1.54) is 12.1 Å². The molecule has 1 aromatic carbocycles. The van der Waals surface area contributed by atoms with Crippen LogP contribution in [0.15, 0.2) is 65.7 Å². The fourth-order valence-electron chi connectivity index (χ4n) is 3.59. The normalized spacial score (nSPS) is 16.6. The third kappa shape index (κ3) is 3.90. The number of amides is 1. The molecule has 0 aliphatic carbocycles. The maximum Gasteiger partial charge on any atom is 0.266 e. The maximum absolute atomic E-state index is 14.5. The minimum absolute atomic E-state index is 0.0137. The van der Waals surface area contributed by atoms with Gasteiger partial charge in [-0.2, -0.15) is 5.10 Å². The summed E-state index contributed by atoms with van der Waals surface area (Å²) in [7, 11) is 1.79. The number of amidine groups is 1. The van der Waals surface area contributed by atoms with Crippen molar-refractivity contribution in [2.75, 3.05) is 6.54 Å². The first-order chi connectivity index (χ1) is 14.7. The zero-order valence-electron chi connectivity index (χ0n) is 16.9. The number of carbonyl (C=O) groups excluding carboxylic acids is 1. The summed E-state index contributed by atoms with van der Waals surface area (Å²) in [4.78, 5) is 19.3. The first kappa shape index (κ1) is 20.6. The molecule has 1 N–H and O–H groups in total. The Labute approximate surface area is 177 Å². The van der Waals surface area contributed by atoms with Crippen LogP contribution in [0.1, 0.15) is 36.1 Å². The van der Waals surface area contributed by atoms with Crippen molar-refractivity contribution in [1.29, 1.82) is 0 Å². The molecule has 3 heterocycles. The lowest BCUT2D eigenvalue weighted by Crippen LogP contribution is -2.36. The van der Waals surface area contributed by atoms with Crippen LogP contribution in [-0.4, -0.2) is 33.0 Å². The highest BCUT2D eigenvalue weighted by atomic mass is 19.3. The number of aliphatic imine (C=N–C) groups is 1. The molecule has 0 saturated heterocycles. The first-order valence-corrected chi connectivity index (χ1v) is 9.58. The number of nitrogens with one attached hydrogen (secondary N) is 1. The lowest BCUT2D eigenvalue weighted by Gasteiger charge is -2.24. The molecule has 0 radical (unpaired) electrons. The minimum Gasteiger partial charge on any atom is -0.345 e. The zero-order valence-corrected chi connectivity index (χ0v) is 16.9. The van der Waals surface area contributed by atoms with Gasteiger partial charge >= 0.3 is 0 Å². The first-order valence-electron chi connectivity index (χ1n) is 9.58. The number of aromatic nitrogens is 2. The molecule has 0 saturated carbocycles. The molecule has 0 spiro atoms. The van der Waals surface area contributed by atoms with Crippen molar-refractivity contribution < 1.29 is 18.0 Å². The standard InChI is InChI=1S/C22H20F3N5O/c1-12-9-30-11-14(15-8-26-29(3)10-15)7-18(21(30)27-12)22(31)28-13(2)16-5-4-6-17(19(16)23)20(24)25/h4-8,10-11,13,20H,1,9H2,2-3H3,(H,28,31)/t13-/m1/s1. The molecule has 2 aliphatic heterocycles. The van der Waals surface area contributed by atoms with E-state index in [9.17, 15) is 18.0 Å². The van der Waals surface area contributed by atoms with Gasteiger partial charge in [0.15, 0.2) is 0 Å². The van der Waals surface area contributed by atoms with E-state index in [4.69, 9.17) is 0 Å². The van der Waals surface area contributed by atoms with Gasteiger partial charge in [0, 0.05) is 36.1 Å². The number of benzene rings is 1. The topological polar surface area (TPSA) is 62.5 Å². The Morgan fingerprint density at radius 3 is 2.71 bits per heavy atom. The van der Waals surface area contributed by atoms with Gasteiger partial charge in [-0.3, -0.25) is 9.48 Å². The largest absolute Gasteiger partial charge is 0.345 e. The second-order valence-corrected chi connectivity index (χ2v) is 7.42. The van der Waals surface area contributed by atoms with Crippen LogP contribution in [0.5, 0.6) is 0 Å². The van der Waals surface area contributed by atoms with Crippen LogP contribution in [0.3, 0.4) is 0 Å². The maximum atomic E-state index is 14.5. The molecule has 4 rings (SSSR count). The second kappa shape index (κ2) is 7.90. The molecule has 1 atom stereocenters. The Morgan fingerprint density at radius 2 is 2.03 bits per heavy atom. The number of alkyl halides is 2. The molecule has 0 bridgehead atoms. The van der Waals surface area contributed by atoms with Crippen molar-refractivity contribution in [3.8, 4) is 0 Å². The molecule has 9 heteroatoms. The van der Waals surface area contributed by atoms with Crippen molar-refractivity contribution in [3.63, 3.8) is 0 Å². The quantitative estimate of drug-likeness (QED) is 0.788. The lowest BCUT2D eigenvalue weighted by molar-refractivity contribution is -0.117. The number of fused-ring (bicyclic) bond motifs is 1. The average molecular weight is 427 g/mol. The van der Waals surface area contributed by atoms with Crippen LogP contribution in [0.2, 0.25) is 0 Å². The van der Waals surface area contributed by atoms with E-state index in [-0.39, 0.29) is 11.1 Å². The van der Waals surface area contributed by atoms with Gasteiger partial charge in [0.25, 0.3) is 12.3 Å². The number of aryl methyl sites for hydroxylation is 1. The summed E-state index contributed by atoms with van der Waals surface area (Å²) in [5.41, 5.74) is 1.73. The number of nitrogens with zero attached hydrogens (tertiary/aromatic N) is 4. The van der Waals surface area contributed by atoms with E-state index >= 15 is 0 Å². The third-order valence-corrected chi connectivity index (χ3v) is 5.12. The Hall–Kier alpha value is -3.62. The van der Waals surface area contributed by atoms with Crippen LogP contribution in [0, 0.1) is 5.82 Å². The van der Waals surface area contributed by atoms with Gasteiger partial charge in [-0.1, -0.05) is 24.8 Å². The molecule has 6 nitrogen and oxygen atoms in total. The van der Waals surface area contributed by atoms with Gasteiger partial charge in [-0.15, -0.1) is 0 Å². The summed E-state index contributed by atoms with van der Waals surface area (Å²) in [5.74, 6) is -1.08. The van der Waals surface area contributed by atoms with Crippen molar-refractivity contribution >= 4 is 17.3 Å². The number of hydrogen-bond acceptors (Lipinski definition) is 4. The van der Waals surface area contributed by atoms with Crippen molar-refractivity contribution in [2.45, 2.75) is 19.4 Å². The molecule has 2 aromatic rings. The molecular weight excluding hydrogens is 407 g/mol. The molecule has 1 amide bonds.